The quantitative estimate of drug-likeness (QED) is 0.658. The molecule has 0 spiro atoms. The van der Waals surface area contributed by atoms with Gasteiger partial charge in [-0.05, 0) is 19.1 Å². The predicted octanol–water partition coefficient (Wildman–Crippen LogP) is 1.35. The molecule has 1 aliphatic rings. The smallest absolute Gasteiger partial charge is 0.338 e. The zero-order valence-electron chi connectivity index (χ0n) is 12.3. The van der Waals surface area contributed by atoms with Gasteiger partial charge in [-0.15, -0.1) is 0 Å². The molecule has 1 aliphatic heterocycles. The summed E-state index contributed by atoms with van der Waals surface area (Å²) in [6.45, 7) is 2.31. The van der Waals surface area contributed by atoms with Crippen LogP contribution in [0.3, 0.4) is 0 Å². The van der Waals surface area contributed by atoms with E-state index in [1.54, 1.807) is 37.1 Å². The van der Waals surface area contributed by atoms with Gasteiger partial charge in [0.15, 0.2) is 0 Å². The molecule has 0 radical (unpaired) electrons. The fourth-order valence-corrected chi connectivity index (χ4v) is 2.36. The third-order valence-electron chi connectivity index (χ3n) is 3.35. The second-order valence-electron chi connectivity index (χ2n) is 4.74. The molecule has 0 amide bonds. The van der Waals surface area contributed by atoms with Crippen LogP contribution in [0.4, 0.5) is 5.95 Å². The molecule has 0 unspecified atom stereocenters. The minimum absolute atomic E-state index is 0.182. The molecule has 8 heteroatoms. The van der Waals surface area contributed by atoms with E-state index in [2.05, 4.69) is 15.4 Å². The summed E-state index contributed by atoms with van der Waals surface area (Å²) in [4.78, 5) is 16.6. The van der Waals surface area contributed by atoms with Crippen molar-refractivity contribution >= 4 is 11.9 Å². The fourth-order valence-electron chi connectivity index (χ4n) is 2.36. The van der Waals surface area contributed by atoms with Gasteiger partial charge >= 0.3 is 5.97 Å². The Morgan fingerprint density at radius 1 is 1.50 bits per heavy atom. The van der Waals surface area contributed by atoms with Gasteiger partial charge in [0.05, 0.1) is 18.4 Å². The maximum Gasteiger partial charge on any atom is 0.338 e. The van der Waals surface area contributed by atoms with E-state index in [4.69, 9.17) is 13.9 Å². The summed E-state index contributed by atoms with van der Waals surface area (Å²) in [6.07, 6.45) is 2.97. The fraction of sp³-hybridized carbons (Fsp3) is 0.357. The standard InChI is InChI=1S/C14H16N4O4/c1-9-11(13(19)22-7-6-20-2)12(10-4-3-5-21-10)18-14(17-9)15-8-16-18/h3-5,8,12H,6-7H2,1-2H3,(H,15,16,17)/t12-/m1/s1. The molecular weight excluding hydrogens is 288 g/mol. The van der Waals surface area contributed by atoms with Gasteiger partial charge in [0.2, 0.25) is 5.95 Å². The molecule has 0 bridgehead atoms. The zero-order valence-corrected chi connectivity index (χ0v) is 12.3. The molecule has 0 saturated heterocycles. The van der Waals surface area contributed by atoms with Crippen LogP contribution in [0, 0.1) is 0 Å². The molecule has 3 heterocycles. The summed E-state index contributed by atoms with van der Waals surface area (Å²) in [7, 11) is 1.55. The van der Waals surface area contributed by atoms with Crippen molar-refractivity contribution in [2.45, 2.75) is 13.0 Å². The van der Waals surface area contributed by atoms with Crippen LogP contribution in [0.2, 0.25) is 0 Å². The van der Waals surface area contributed by atoms with Crippen LogP contribution in [0.15, 0.2) is 40.4 Å². The first kappa shape index (κ1) is 14.3. The van der Waals surface area contributed by atoms with E-state index in [1.165, 1.54) is 6.33 Å². The highest BCUT2D eigenvalue weighted by Crippen LogP contribution is 2.35. The summed E-state index contributed by atoms with van der Waals surface area (Å²) in [5, 5.41) is 7.22. The van der Waals surface area contributed by atoms with Gasteiger partial charge in [0.25, 0.3) is 0 Å². The van der Waals surface area contributed by atoms with E-state index in [1.807, 2.05) is 0 Å². The number of fused-ring (bicyclic) bond motifs is 1. The molecule has 0 aliphatic carbocycles. The molecule has 0 fully saturated rings. The van der Waals surface area contributed by atoms with Crippen LogP contribution in [-0.4, -0.2) is 41.1 Å². The molecule has 8 nitrogen and oxygen atoms in total. The first-order chi connectivity index (χ1) is 10.7. The van der Waals surface area contributed by atoms with Crippen molar-refractivity contribution in [3.05, 3.63) is 41.8 Å². The average Bonchev–Trinajstić information content (AvgIpc) is 3.16. The highest BCUT2D eigenvalue weighted by Gasteiger charge is 2.35. The third-order valence-corrected chi connectivity index (χ3v) is 3.35. The molecule has 1 N–H and O–H groups in total. The molecule has 3 rings (SSSR count). The Balaban J connectivity index is 1.96. The lowest BCUT2D eigenvalue weighted by Crippen LogP contribution is -2.29. The molecule has 22 heavy (non-hydrogen) atoms. The summed E-state index contributed by atoms with van der Waals surface area (Å²) in [6, 6.07) is 3.04. The minimum atomic E-state index is -0.510. The van der Waals surface area contributed by atoms with Crippen LogP contribution in [0.25, 0.3) is 0 Å². The number of hydrogen-bond acceptors (Lipinski definition) is 7. The van der Waals surface area contributed by atoms with E-state index in [0.717, 1.165) is 0 Å². The second-order valence-corrected chi connectivity index (χ2v) is 4.74. The van der Waals surface area contributed by atoms with E-state index in [0.29, 0.717) is 29.6 Å². The minimum Gasteiger partial charge on any atom is -0.467 e. The van der Waals surface area contributed by atoms with Gasteiger partial charge in [0.1, 0.15) is 24.7 Å². The summed E-state index contributed by atoms with van der Waals surface area (Å²) in [5.74, 6) is 0.697. The van der Waals surface area contributed by atoms with Gasteiger partial charge in [-0.25, -0.2) is 9.48 Å². The SMILES string of the molecule is COCCOC(=O)C1=C(C)Nc2ncnn2[C@@H]1c1ccco1. The molecular formula is C14H16N4O4. The number of nitrogens with zero attached hydrogens (tertiary/aromatic N) is 3. The number of furan rings is 1. The van der Waals surface area contributed by atoms with E-state index in [-0.39, 0.29) is 6.61 Å². The summed E-state index contributed by atoms with van der Waals surface area (Å²) < 4.78 is 17.2. The van der Waals surface area contributed by atoms with Crippen LogP contribution in [-0.2, 0) is 14.3 Å². The van der Waals surface area contributed by atoms with Gasteiger partial charge in [-0.3, -0.25) is 0 Å². The Labute approximate surface area is 126 Å². The molecule has 2 aromatic rings. The van der Waals surface area contributed by atoms with Gasteiger partial charge in [-0.1, -0.05) is 0 Å². The number of carbonyl (C=O) groups is 1. The van der Waals surface area contributed by atoms with Crippen molar-refractivity contribution in [3.8, 4) is 0 Å². The van der Waals surface area contributed by atoms with Crippen molar-refractivity contribution < 1.29 is 18.7 Å². The Hall–Kier alpha value is -2.61. The van der Waals surface area contributed by atoms with Crippen molar-refractivity contribution in [2.24, 2.45) is 0 Å². The van der Waals surface area contributed by atoms with Crippen molar-refractivity contribution in [1.82, 2.24) is 14.8 Å². The summed E-state index contributed by atoms with van der Waals surface area (Å²) >= 11 is 0. The number of ether oxygens (including phenoxy) is 2. The Kier molecular flexibility index (Phi) is 3.92. The number of allylic oxidation sites excluding steroid dienone is 1. The topological polar surface area (TPSA) is 91.4 Å². The van der Waals surface area contributed by atoms with Crippen molar-refractivity contribution in [2.75, 3.05) is 25.6 Å². The van der Waals surface area contributed by atoms with E-state index < -0.39 is 12.0 Å². The Bertz CT molecular complexity index is 690. The zero-order chi connectivity index (χ0) is 15.5. The second kappa shape index (κ2) is 6.02. The van der Waals surface area contributed by atoms with Crippen LogP contribution in [0.5, 0.6) is 0 Å². The molecule has 0 aromatic carbocycles. The van der Waals surface area contributed by atoms with Crippen molar-refractivity contribution in [3.63, 3.8) is 0 Å². The molecule has 116 valence electrons. The monoisotopic (exact) mass is 304 g/mol. The third kappa shape index (κ3) is 2.48. The number of hydrogen-bond donors (Lipinski definition) is 1. The van der Waals surface area contributed by atoms with Gasteiger partial charge < -0.3 is 19.2 Å². The normalized spacial score (nSPS) is 17.1. The number of carbonyl (C=O) groups excluding carboxylic acids is 1. The molecule has 2 aromatic heterocycles. The van der Waals surface area contributed by atoms with Crippen LogP contribution >= 0.6 is 0 Å². The van der Waals surface area contributed by atoms with Gasteiger partial charge in [0, 0.05) is 12.8 Å². The number of methoxy groups -OCH3 is 1. The average molecular weight is 304 g/mol. The molecule has 1 atom stereocenters. The Morgan fingerprint density at radius 3 is 3.09 bits per heavy atom. The number of esters is 1. The first-order valence-corrected chi connectivity index (χ1v) is 6.79. The number of nitrogens with one attached hydrogen (secondary N) is 1. The van der Waals surface area contributed by atoms with E-state index >= 15 is 0 Å². The van der Waals surface area contributed by atoms with Crippen LogP contribution < -0.4 is 5.32 Å². The largest absolute Gasteiger partial charge is 0.467 e. The lowest BCUT2D eigenvalue weighted by Gasteiger charge is -2.26. The maximum absolute atomic E-state index is 12.4. The Morgan fingerprint density at radius 2 is 2.36 bits per heavy atom. The predicted molar refractivity (Wildman–Crippen MR) is 76.0 cm³/mol. The van der Waals surface area contributed by atoms with E-state index in [9.17, 15) is 4.79 Å². The highest BCUT2D eigenvalue weighted by atomic mass is 16.6. The van der Waals surface area contributed by atoms with Crippen molar-refractivity contribution in [1.29, 1.82) is 0 Å². The number of anilines is 1. The lowest BCUT2D eigenvalue weighted by molar-refractivity contribution is -0.140. The first-order valence-electron chi connectivity index (χ1n) is 6.79. The number of rotatable bonds is 5. The number of aromatic nitrogens is 3. The molecule has 0 saturated carbocycles. The lowest BCUT2D eigenvalue weighted by atomic mass is 10.0. The van der Waals surface area contributed by atoms with Crippen LogP contribution in [0.1, 0.15) is 18.7 Å². The highest BCUT2D eigenvalue weighted by molar-refractivity contribution is 5.92. The summed E-state index contributed by atoms with van der Waals surface area (Å²) in [5.41, 5.74) is 1.09. The maximum atomic E-state index is 12.4. The van der Waals surface area contributed by atoms with Gasteiger partial charge in [-0.2, -0.15) is 10.1 Å².